The zero-order valence-corrected chi connectivity index (χ0v) is 13.6. The molecule has 3 heterocycles. The molecular weight excluding hydrogens is 320 g/mol. The van der Waals surface area contributed by atoms with Crippen molar-refractivity contribution in [3.05, 3.63) is 59.7 Å². The van der Waals surface area contributed by atoms with E-state index in [0.29, 0.717) is 23.9 Å². The Morgan fingerprint density at radius 1 is 1.24 bits per heavy atom. The molecule has 1 aliphatic rings. The summed E-state index contributed by atoms with van der Waals surface area (Å²) < 4.78 is 10.7. The van der Waals surface area contributed by atoms with Crippen molar-refractivity contribution in [2.75, 3.05) is 6.61 Å². The van der Waals surface area contributed by atoms with Gasteiger partial charge in [-0.15, -0.1) is 0 Å². The number of amides is 1. The van der Waals surface area contributed by atoms with Gasteiger partial charge in [-0.3, -0.25) is 9.78 Å². The number of nitrogens with one attached hydrogen (secondary N) is 1. The number of hydrogen-bond donors (Lipinski definition) is 1. The predicted molar refractivity (Wildman–Crippen MR) is 89.1 cm³/mol. The largest absolute Gasteiger partial charge is 0.493 e. The second-order valence-electron chi connectivity index (χ2n) is 5.81. The molecule has 0 fully saturated rings. The molecule has 0 saturated heterocycles. The van der Waals surface area contributed by atoms with E-state index in [1.165, 1.54) is 0 Å². The van der Waals surface area contributed by atoms with Crippen LogP contribution < -0.4 is 10.1 Å². The van der Waals surface area contributed by atoms with E-state index in [0.717, 1.165) is 23.3 Å². The van der Waals surface area contributed by atoms with Gasteiger partial charge in [-0.1, -0.05) is 5.16 Å². The summed E-state index contributed by atoms with van der Waals surface area (Å²) in [6, 6.07) is 8.63. The summed E-state index contributed by atoms with van der Waals surface area (Å²) in [7, 11) is 0. The summed E-state index contributed by atoms with van der Waals surface area (Å²) in [5.74, 6) is 1.48. The maximum Gasteiger partial charge on any atom is 0.251 e. The summed E-state index contributed by atoms with van der Waals surface area (Å²) in [5, 5.41) is 6.83. The van der Waals surface area contributed by atoms with E-state index in [9.17, 15) is 4.79 Å². The first-order valence-corrected chi connectivity index (χ1v) is 8.01. The number of ether oxygens (including phenoxy) is 1. The number of aromatic nitrogens is 3. The lowest BCUT2D eigenvalue weighted by molar-refractivity contribution is 0.0932. The Hall–Kier alpha value is -3.22. The van der Waals surface area contributed by atoms with Gasteiger partial charge in [0.2, 0.25) is 11.7 Å². The first-order valence-electron chi connectivity index (χ1n) is 8.01. The summed E-state index contributed by atoms with van der Waals surface area (Å²) in [6.45, 7) is 2.47. The Kier molecular flexibility index (Phi) is 3.89. The molecule has 1 aromatic carbocycles. The van der Waals surface area contributed by atoms with Gasteiger partial charge < -0.3 is 14.6 Å². The van der Waals surface area contributed by atoms with Crippen LogP contribution in [-0.4, -0.2) is 27.6 Å². The number of pyridine rings is 1. The summed E-state index contributed by atoms with van der Waals surface area (Å²) in [5.41, 5.74) is 2.45. The number of fused-ring (bicyclic) bond motifs is 1. The van der Waals surface area contributed by atoms with E-state index in [1.807, 2.05) is 12.1 Å². The minimum absolute atomic E-state index is 0.189. The van der Waals surface area contributed by atoms with Gasteiger partial charge in [0, 0.05) is 29.9 Å². The molecule has 0 radical (unpaired) electrons. The van der Waals surface area contributed by atoms with Crippen LogP contribution in [0.2, 0.25) is 0 Å². The van der Waals surface area contributed by atoms with Crippen LogP contribution in [0.3, 0.4) is 0 Å². The number of rotatable bonds is 4. The second-order valence-corrected chi connectivity index (χ2v) is 5.81. The van der Waals surface area contributed by atoms with Crippen molar-refractivity contribution in [3.63, 3.8) is 0 Å². The summed E-state index contributed by atoms with van der Waals surface area (Å²) in [4.78, 5) is 20.8. The van der Waals surface area contributed by atoms with Crippen LogP contribution in [0.4, 0.5) is 0 Å². The molecule has 1 unspecified atom stereocenters. The molecule has 1 N–H and O–H groups in total. The van der Waals surface area contributed by atoms with E-state index < -0.39 is 6.04 Å². The van der Waals surface area contributed by atoms with Gasteiger partial charge in [0.15, 0.2) is 0 Å². The van der Waals surface area contributed by atoms with E-state index in [2.05, 4.69) is 20.4 Å². The molecule has 7 nitrogen and oxygen atoms in total. The molecule has 25 heavy (non-hydrogen) atoms. The molecule has 0 aliphatic carbocycles. The highest BCUT2D eigenvalue weighted by atomic mass is 16.5. The monoisotopic (exact) mass is 336 g/mol. The number of nitrogens with zero attached hydrogens (tertiary/aromatic N) is 3. The SMILES string of the molecule is CC(NC(=O)c1ccc2c(c1)CCO2)c1nc(-c2ccncc2)no1. The standard InChI is InChI=1S/C18H16N4O3/c1-11(18-21-16(22-25-18)12-4-7-19-8-5-12)20-17(23)14-2-3-15-13(10-14)6-9-24-15/h2-5,7-8,10-11H,6,9H2,1H3,(H,20,23). The fourth-order valence-corrected chi connectivity index (χ4v) is 2.70. The molecule has 1 amide bonds. The first-order chi connectivity index (χ1) is 12.2. The zero-order chi connectivity index (χ0) is 17.2. The first kappa shape index (κ1) is 15.3. The smallest absolute Gasteiger partial charge is 0.251 e. The Bertz CT molecular complexity index is 908. The molecule has 3 aromatic rings. The molecule has 7 heteroatoms. The fourth-order valence-electron chi connectivity index (χ4n) is 2.70. The minimum atomic E-state index is -0.403. The van der Waals surface area contributed by atoms with Crippen molar-refractivity contribution in [3.8, 4) is 17.1 Å². The molecule has 126 valence electrons. The third kappa shape index (κ3) is 3.08. The number of benzene rings is 1. The van der Waals surface area contributed by atoms with E-state index >= 15 is 0 Å². The quantitative estimate of drug-likeness (QED) is 0.787. The predicted octanol–water partition coefficient (Wildman–Crippen LogP) is 2.56. The molecular formula is C18H16N4O3. The van der Waals surface area contributed by atoms with Gasteiger partial charge in [0.1, 0.15) is 11.8 Å². The van der Waals surface area contributed by atoms with Crippen molar-refractivity contribution in [2.24, 2.45) is 0 Å². The molecule has 0 saturated carbocycles. The third-order valence-corrected chi connectivity index (χ3v) is 4.05. The van der Waals surface area contributed by atoms with E-state index in [4.69, 9.17) is 9.26 Å². The molecule has 1 aliphatic heterocycles. The normalized spacial score (nSPS) is 13.8. The van der Waals surface area contributed by atoms with Gasteiger partial charge in [0.05, 0.1) is 6.61 Å². The van der Waals surface area contributed by atoms with Crippen LogP contribution in [0.25, 0.3) is 11.4 Å². The van der Waals surface area contributed by atoms with Crippen molar-refractivity contribution in [2.45, 2.75) is 19.4 Å². The van der Waals surface area contributed by atoms with Gasteiger partial charge in [-0.2, -0.15) is 4.98 Å². The van der Waals surface area contributed by atoms with Crippen LogP contribution >= 0.6 is 0 Å². The van der Waals surface area contributed by atoms with Gasteiger partial charge >= 0.3 is 0 Å². The molecule has 4 rings (SSSR count). The molecule has 2 aromatic heterocycles. The van der Waals surface area contributed by atoms with Crippen molar-refractivity contribution < 1.29 is 14.1 Å². The number of carbonyl (C=O) groups excluding carboxylic acids is 1. The lowest BCUT2D eigenvalue weighted by Gasteiger charge is -2.10. The minimum Gasteiger partial charge on any atom is -0.493 e. The van der Waals surface area contributed by atoms with Crippen LogP contribution in [0.15, 0.2) is 47.2 Å². The Morgan fingerprint density at radius 3 is 2.92 bits per heavy atom. The average molecular weight is 336 g/mol. The van der Waals surface area contributed by atoms with Crippen LogP contribution in [0.1, 0.15) is 34.8 Å². The van der Waals surface area contributed by atoms with Crippen molar-refractivity contribution in [1.82, 2.24) is 20.4 Å². The van der Waals surface area contributed by atoms with Crippen LogP contribution in [0.5, 0.6) is 5.75 Å². The van der Waals surface area contributed by atoms with E-state index in [-0.39, 0.29) is 5.91 Å². The van der Waals surface area contributed by atoms with Crippen molar-refractivity contribution in [1.29, 1.82) is 0 Å². The molecule has 0 spiro atoms. The molecule has 1 atom stereocenters. The third-order valence-electron chi connectivity index (χ3n) is 4.05. The maximum atomic E-state index is 12.5. The van der Waals surface area contributed by atoms with Crippen molar-refractivity contribution >= 4 is 5.91 Å². The lowest BCUT2D eigenvalue weighted by atomic mass is 10.1. The Balaban J connectivity index is 1.47. The number of hydrogen-bond acceptors (Lipinski definition) is 6. The van der Waals surface area contributed by atoms with E-state index in [1.54, 1.807) is 37.5 Å². The lowest BCUT2D eigenvalue weighted by Crippen LogP contribution is -2.26. The summed E-state index contributed by atoms with van der Waals surface area (Å²) in [6.07, 6.45) is 4.15. The summed E-state index contributed by atoms with van der Waals surface area (Å²) >= 11 is 0. The van der Waals surface area contributed by atoms with Crippen LogP contribution in [-0.2, 0) is 6.42 Å². The Labute approximate surface area is 144 Å². The highest BCUT2D eigenvalue weighted by Crippen LogP contribution is 2.26. The number of carbonyl (C=O) groups is 1. The van der Waals surface area contributed by atoms with Gasteiger partial charge in [-0.25, -0.2) is 0 Å². The zero-order valence-electron chi connectivity index (χ0n) is 13.6. The highest BCUT2D eigenvalue weighted by Gasteiger charge is 2.20. The van der Waals surface area contributed by atoms with Gasteiger partial charge in [0.25, 0.3) is 5.91 Å². The second kappa shape index (κ2) is 6.35. The van der Waals surface area contributed by atoms with Gasteiger partial charge in [-0.05, 0) is 42.8 Å². The average Bonchev–Trinajstić information content (AvgIpc) is 3.31. The van der Waals surface area contributed by atoms with Crippen LogP contribution in [0, 0.1) is 0 Å². The topological polar surface area (TPSA) is 90.1 Å². The maximum absolute atomic E-state index is 12.5. The highest BCUT2D eigenvalue weighted by molar-refractivity contribution is 5.94. The fraction of sp³-hybridized carbons (Fsp3) is 0.222. The molecule has 0 bridgehead atoms. The Morgan fingerprint density at radius 2 is 2.08 bits per heavy atom.